The average Bonchev–Trinajstić information content (AvgIpc) is 2.88. The second kappa shape index (κ2) is 5.71. The summed E-state index contributed by atoms with van der Waals surface area (Å²) in [6, 6.07) is 0.663. The predicted octanol–water partition coefficient (Wildman–Crippen LogP) is 2.31. The summed E-state index contributed by atoms with van der Waals surface area (Å²) >= 11 is 0. The Balaban J connectivity index is 2.11. The monoisotopic (exact) mass is 267 g/mol. The van der Waals surface area contributed by atoms with Crippen LogP contribution >= 0.6 is 0 Å². The molecule has 112 valence electrons. The zero-order valence-electron chi connectivity index (χ0n) is 13.4. The van der Waals surface area contributed by atoms with Crippen LogP contribution in [0.5, 0.6) is 0 Å². The normalized spacial score (nSPS) is 36.8. The van der Waals surface area contributed by atoms with E-state index in [-0.39, 0.29) is 5.54 Å². The van der Waals surface area contributed by atoms with Crippen molar-refractivity contribution in [3.8, 4) is 0 Å². The molecular formula is C16H33N3. The van der Waals surface area contributed by atoms with Crippen LogP contribution in [-0.2, 0) is 0 Å². The highest BCUT2D eigenvalue weighted by molar-refractivity contribution is 5.03. The zero-order valence-corrected chi connectivity index (χ0v) is 13.4. The minimum Gasteiger partial charge on any atom is -0.329 e. The predicted molar refractivity (Wildman–Crippen MR) is 82.3 cm³/mol. The van der Waals surface area contributed by atoms with E-state index in [2.05, 4.69) is 37.6 Å². The standard InChI is InChI=1S/C16H33N3/c1-5-15(6-2)7-10-19(13-15)16(12-17)8-9-18(4)14(3)11-16/h14H,5-13,17H2,1-4H3. The molecule has 2 unspecified atom stereocenters. The molecule has 19 heavy (non-hydrogen) atoms. The first kappa shape index (κ1) is 15.3. The van der Waals surface area contributed by atoms with Crippen molar-refractivity contribution >= 4 is 0 Å². The fourth-order valence-corrected chi connectivity index (χ4v) is 4.18. The average molecular weight is 267 g/mol. The summed E-state index contributed by atoms with van der Waals surface area (Å²) in [5.74, 6) is 0. The van der Waals surface area contributed by atoms with Crippen molar-refractivity contribution in [1.29, 1.82) is 0 Å². The van der Waals surface area contributed by atoms with Gasteiger partial charge in [-0.25, -0.2) is 0 Å². The summed E-state index contributed by atoms with van der Waals surface area (Å²) in [6.07, 6.45) is 6.48. The second-order valence-electron chi connectivity index (χ2n) is 7.09. The van der Waals surface area contributed by atoms with E-state index in [0.717, 1.165) is 6.54 Å². The van der Waals surface area contributed by atoms with E-state index >= 15 is 0 Å². The third-order valence-electron chi connectivity index (χ3n) is 6.35. The Bertz CT molecular complexity index is 300. The molecule has 2 heterocycles. The van der Waals surface area contributed by atoms with E-state index < -0.39 is 0 Å². The molecule has 3 heteroatoms. The molecule has 0 aliphatic carbocycles. The van der Waals surface area contributed by atoms with Gasteiger partial charge in [-0.1, -0.05) is 13.8 Å². The Morgan fingerprint density at radius 2 is 1.84 bits per heavy atom. The van der Waals surface area contributed by atoms with Crippen molar-refractivity contribution in [3.63, 3.8) is 0 Å². The van der Waals surface area contributed by atoms with Gasteiger partial charge in [0.15, 0.2) is 0 Å². The molecule has 3 nitrogen and oxygen atoms in total. The molecule has 0 bridgehead atoms. The summed E-state index contributed by atoms with van der Waals surface area (Å²) in [5.41, 5.74) is 7.08. The van der Waals surface area contributed by atoms with Crippen molar-refractivity contribution in [2.24, 2.45) is 11.1 Å². The molecule has 2 N–H and O–H groups in total. The summed E-state index contributed by atoms with van der Waals surface area (Å²) in [6.45, 7) is 11.6. The maximum Gasteiger partial charge on any atom is 0.0358 e. The highest BCUT2D eigenvalue weighted by Gasteiger charge is 2.46. The summed E-state index contributed by atoms with van der Waals surface area (Å²) in [4.78, 5) is 5.24. The fraction of sp³-hybridized carbons (Fsp3) is 1.00. The van der Waals surface area contributed by atoms with Gasteiger partial charge in [0.05, 0.1) is 0 Å². The topological polar surface area (TPSA) is 32.5 Å². The number of nitrogens with zero attached hydrogens (tertiary/aromatic N) is 2. The molecule has 0 aromatic heterocycles. The molecule has 0 amide bonds. The smallest absolute Gasteiger partial charge is 0.0358 e. The molecule has 0 saturated carbocycles. The Labute approximate surface area is 119 Å². The van der Waals surface area contributed by atoms with Gasteiger partial charge in [-0.3, -0.25) is 4.90 Å². The van der Waals surface area contributed by atoms with Gasteiger partial charge in [-0.2, -0.15) is 0 Å². The lowest BCUT2D eigenvalue weighted by atomic mass is 9.80. The highest BCUT2D eigenvalue weighted by Crippen LogP contribution is 2.42. The molecule has 0 aromatic rings. The Hall–Kier alpha value is -0.120. The lowest BCUT2D eigenvalue weighted by Crippen LogP contribution is -2.60. The second-order valence-corrected chi connectivity index (χ2v) is 7.09. The molecule has 2 aliphatic heterocycles. The summed E-state index contributed by atoms with van der Waals surface area (Å²) < 4.78 is 0. The van der Waals surface area contributed by atoms with Gasteiger partial charge in [-0.05, 0) is 64.6 Å². The quantitative estimate of drug-likeness (QED) is 0.848. The van der Waals surface area contributed by atoms with E-state index in [1.54, 1.807) is 0 Å². The maximum atomic E-state index is 6.24. The van der Waals surface area contributed by atoms with Crippen LogP contribution < -0.4 is 5.73 Å². The number of rotatable bonds is 4. The van der Waals surface area contributed by atoms with Gasteiger partial charge in [0, 0.05) is 24.7 Å². The van der Waals surface area contributed by atoms with Crippen molar-refractivity contribution in [1.82, 2.24) is 9.80 Å². The van der Waals surface area contributed by atoms with Gasteiger partial charge in [-0.15, -0.1) is 0 Å². The minimum atomic E-state index is 0.276. The lowest BCUT2D eigenvalue weighted by Gasteiger charge is -2.49. The Morgan fingerprint density at radius 3 is 2.32 bits per heavy atom. The first-order chi connectivity index (χ1) is 9.01. The number of hydrogen-bond acceptors (Lipinski definition) is 3. The van der Waals surface area contributed by atoms with Crippen LogP contribution in [0.3, 0.4) is 0 Å². The summed E-state index contributed by atoms with van der Waals surface area (Å²) in [5, 5.41) is 0. The van der Waals surface area contributed by atoms with E-state index in [1.807, 2.05) is 0 Å². The van der Waals surface area contributed by atoms with E-state index in [4.69, 9.17) is 5.73 Å². The van der Waals surface area contributed by atoms with Crippen molar-refractivity contribution in [2.45, 2.75) is 64.5 Å². The molecule has 2 saturated heterocycles. The molecule has 2 aliphatic rings. The van der Waals surface area contributed by atoms with Crippen LogP contribution in [0.25, 0.3) is 0 Å². The zero-order chi connectivity index (χ0) is 14.1. The third kappa shape index (κ3) is 2.70. The Kier molecular flexibility index (Phi) is 4.59. The van der Waals surface area contributed by atoms with Crippen LogP contribution in [0.15, 0.2) is 0 Å². The lowest BCUT2D eigenvalue weighted by molar-refractivity contribution is 0.0173. The molecule has 2 atom stereocenters. The van der Waals surface area contributed by atoms with Gasteiger partial charge in [0.2, 0.25) is 0 Å². The first-order valence-corrected chi connectivity index (χ1v) is 8.16. The highest BCUT2D eigenvalue weighted by atomic mass is 15.3. The van der Waals surface area contributed by atoms with Crippen LogP contribution in [0, 0.1) is 5.41 Å². The Morgan fingerprint density at radius 1 is 1.16 bits per heavy atom. The SMILES string of the molecule is CCC1(CC)CCN(C2(CN)CCN(C)C(C)C2)C1. The largest absolute Gasteiger partial charge is 0.329 e. The molecule has 0 aromatic carbocycles. The fourth-order valence-electron chi connectivity index (χ4n) is 4.18. The van der Waals surface area contributed by atoms with E-state index in [9.17, 15) is 0 Å². The number of piperidine rings is 1. The first-order valence-electron chi connectivity index (χ1n) is 8.16. The minimum absolute atomic E-state index is 0.276. The molecule has 0 spiro atoms. The number of likely N-dealkylation sites (tertiary alicyclic amines) is 2. The van der Waals surface area contributed by atoms with E-state index in [0.29, 0.717) is 11.5 Å². The van der Waals surface area contributed by atoms with Crippen molar-refractivity contribution < 1.29 is 0 Å². The van der Waals surface area contributed by atoms with Crippen molar-refractivity contribution in [3.05, 3.63) is 0 Å². The number of nitrogens with two attached hydrogens (primary N) is 1. The molecular weight excluding hydrogens is 234 g/mol. The van der Waals surface area contributed by atoms with Crippen LogP contribution in [0.2, 0.25) is 0 Å². The molecule has 2 fully saturated rings. The third-order valence-corrected chi connectivity index (χ3v) is 6.35. The van der Waals surface area contributed by atoms with Gasteiger partial charge >= 0.3 is 0 Å². The van der Waals surface area contributed by atoms with Crippen LogP contribution in [0.4, 0.5) is 0 Å². The summed E-state index contributed by atoms with van der Waals surface area (Å²) in [7, 11) is 2.25. The van der Waals surface area contributed by atoms with E-state index in [1.165, 1.54) is 51.7 Å². The van der Waals surface area contributed by atoms with Gasteiger partial charge < -0.3 is 10.6 Å². The van der Waals surface area contributed by atoms with Crippen molar-refractivity contribution in [2.75, 3.05) is 33.2 Å². The van der Waals surface area contributed by atoms with Gasteiger partial charge in [0.25, 0.3) is 0 Å². The molecule has 2 rings (SSSR count). The van der Waals surface area contributed by atoms with Crippen LogP contribution in [-0.4, -0.2) is 54.6 Å². The number of hydrogen-bond donors (Lipinski definition) is 1. The maximum absolute atomic E-state index is 6.24. The molecule has 0 radical (unpaired) electrons. The van der Waals surface area contributed by atoms with Crippen LogP contribution in [0.1, 0.15) is 52.9 Å². The van der Waals surface area contributed by atoms with Gasteiger partial charge in [0.1, 0.15) is 0 Å².